The molecule has 0 spiro atoms. The second kappa shape index (κ2) is 6.54. The van der Waals surface area contributed by atoms with Crippen molar-refractivity contribution < 1.29 is 14.3 Å². The molecule has 3 aromatic rings. The lowest BCUT2D eigenvalue weighted by Gasteiger charge is -2.09. The maximum Gasteiger partial charge on any atom is 0.257 e. The van der Waals surface area contributed by atoms with Crippen LogP contribution in [0.25, 0.3) is 10.9 Å². The zero-order chi connectivity index (χ0) is 17.1. The number of hydrogen-bond acceptors (Lipinski definition) is 5. The molecular weight excluding hydrogens is 306 g/mol. The lowest BCUT2D eigenvalue weighted by molar-refractivity contribution is 0.102. The van der Waals surface area contributed by atoms with E-state index in [9.17, 15) is 4.79 Å². The minimum atomic E-state index is -0.232. The highest BCUT2D eigenvalue weighted by molar-refractivity contribution is 6.06. The highest BCUT2D eigenvalue weighted by Crippen LogP contribution is 2.22. The fraction of sp³-hybridized carbons (Fsp3) is 0.167. The van der Waals surface area contributed by atoms with Gasteiger partial charge in [-0.1, -0.05) is 0 Å². The van der Waals surface area contributed by atoms with Crippen LogP contribution in [-0.4, -0.2) is 30.1 Å². The van der Waals surface area contributed by atoms with E-state index in [1.54, 1.807) is 39.5 Å². The van der Waals surface area contributed by atoms with Crippen LogP contribution in [0, 0.1) is 6.92 Å². The Morgan fingerprint density at radius 3 is 2.58 bits per heavy atom. The molecule has 2 heterocycles. The van der Waals surface area contributed by atoms with E-state index in [4.69, 9.17) is 9.47 Å². The minimum Gasteiger partial charge on any atom is -0.497 e. The predicted octanol–water partition coefficient (Wildman–Crippen LogP) is 3.21. The number of hydrogen-bond donors (Lipinski definition) is 1. The Labute approximate surface area is 139 Å². The van der Waals surface area contributed by atoms with Gasteiger partial charge in [0.2, 0.25) is 5.88 Å². The van der Waals surface area contributed by atoms with Gasteiger partial charge in [-0.2, -0.15) is 0 Å². The molecular formula is C18H17N3O3. The van der Waals surface area contributed by atoms with Crippen molar-refractivity contribution >= 4 is 22.5 Å². The number of aromatic nitrogens is 2. The maximum absolute atomic E-state index is 12.5. The zero-order valence-electron chi connectivity index (χ0n) is 13.7. The Morgan fingerprint density at radius 1 is 1.08 bits per heavy atom. The molecule has 6 heteroatoms. The summed E-state index contributed by atoms with van der Waals surface area (Å²) in [5.41, 5.74) is 2.54. The first kappa shape index (κ1) is 15.7. The van der Waals surface area contributed by atoms with Gasteiger partial charge in [0.05, 0.1) is 42.9 Å². The molecule has 0 saturated heterocycles. The third kappa shape index (κ3) is 3.12. The summed E-state index contributed by atoms with van der Waals surface area (Å²) >= 11 is 0. The molecule has 1 aromatic carbocycles. The van der Waals surface area contributed by atoms with Crippen LogP contribution >= 0.6 is 0 Å². The van der Waals surface area contributed by atoms with Crippen molar-refractivity contribution in [3.63, 3.8) is 0 Å². The first-order chi connectivity index (χ1) is 11.6. The fourth-order valence-electron chi connectivity index (χ4n) is 2.37. The van der Waals surface area contributed by atoms with Gasteiger partial charge < -0.3 is 14.8 Å². The number of carbonyl (C=O) groups is 1. The summed E-state index contributed by atoms with van der Waals surface area (Å²) in [4.78, 5) is 21.1. The van der Waals surface area contributed by atoms with Gasteiger partial charge in [0.1, 0.15) is 5.75 Å². The van der Waals surface area contributed by atoms with Gasteiger partial charge in [-0.25, -0.2) is 4.98 Å². The summed E-state index contributed by atoms with van der Waals surface area (Å²) in [7, 11) is 3.15. The topological polar surface area (TPSA) is 73.3 Å². The van der Waals surface area contributed by atoms with Crippen molar-refractivity contribution in [2.45, 2.75) is 6.92 Å². The Bertz CT molecular complexity index is 892. The number of methoxy groups -OCH3 is 2. The van der Waals surface area contributed by atoms with E-state index in [2.05, 4.69) is 15.3 Å². The molecule has 0 aliphatic carbocycles. The Balaban J connectivity index is 1.89. The van der Waals surface area contributed by atoms with E-state index in [1.165, 1.54) is 0 Å². The van der Waals surface area contributed by atoms with E-state index in [0.717, 1.165) is 16.7 Å². The average Bonchev–Trinajstić information content (AvgIpc) is 2.61. The molecule has 1 N–H and O–H groups in total. The number of fused-ring (bicyclic) bond motifs is 1. The van der Waals surface area contributed by atoms with Crippen molar-refractivity contribution in [1.82, 2.24) is 9.97 Å². The number of amides is 1. The van der Waals surface area contributed by atoms with E-state index in [-0.39, 0.29) is 5.91 Å². The Kier molecular flexibility index (Phi) is 4.29. The molecule has 24 heavy (non-hydrogen) atoms. The number of ether oxygens (including phenoxy) is 2. The Morgan fingerprint density at radius 2 is 1.92 bits per heavy atom. The largest absolute Gasteiger partial charge is 0.497 e. The van der Waals surface area contributed by atoms with Gasteiger partial charge in [0.15, 0.2) is 0 Å². The SMILES string of the molecule is COc1ccc2cc(C(=O)Nc3ccc(OC)nc3)c(C)nc2c1. The molecule has 3 rings (SSSR count). The summed E-state index contributed by atoms with van der Waals surface area (Å²) < 4.78 is 10.2. The molecule has 0 unspecified atom stereocenters. The molecule has 1 amide bonds. The molecule has 0 aliphatic rings. The van der Waals surface area contributed by atoms with E-state index in [1.807, 2.05) is 24.3 Å². The molecule has 0 fully saturated rings. The van der Waals surface area contributed by atoms with Gasteiger partial charge in [-0.3, -0.25) is 9.78 Å². The highest BCUT2D eigenvalue weighted by atomic mass is 16.5. The number of aryl methyl sites for hydroxylation is 1. The number of nitrogens with one attached hydrogen (secondary N) is 1. The molecule has 2 aromatic heterocycles. The van der Waals surface area contributed by atoms with Crippen molar-refractivity contribution in [3.05, 3.63) is 53.9 Å². The van der Waals surface area contributed by atoms with Gasteiger partial charge >= 0.3 is 0 Å². The summed E-state index contributed by atoms with van der Waals surface area (Å²) in [5.74, 6) is 0.992. The van der Waals surface area contributed by atoms with E-state index >= 15 is 0 Å². The van der Waals surface area contributed by atoms with Crippen LogP contribution in [0.2, 0.25) is 0 Å². The van der Waals surface area contributed by atoms with Gasteiger partial charge in [0.25, 0.3) is 5.91 Å². The summed E-state index contributed by atoms with van der Waals surface area (Å²) in [6.07, 6.45) is 1.55. The normalized spacial score (nSPS) is 10.5. The van der Waals surface area contributed by atoms with Crippen LogP contribution in [0.1, 0.15) is 16.1 Å². The number of anilines is 1. The average molecular weight is 323 g/mol. The maximum atomic E-state index is 12.5. The molecule has 0 atom stereocenters. The molecule has 0 saturated carbocycles. The standard InChI is InChI=1S/C18H17N3O3/c1-11-15(8-12-4-6-14(23-2)9-16(12)20-11)18(22)21-13-5-7-17(24-3)19-10-13/h4-10H,1-3H3,(H,21,22). The molecule has 6 nitrogen and oxygen atoms in total. The summed E-state index contributed by atoms with van der Waals surface area (Å²) in [6, 6.07) is 10.8. The van der Waals surface area contributed by atoms with Crippen molar-refractivity contribution in [2.75, 3.05) is 19.5 Å². The minimum absolute atomic E-state index is 0.232. The second-order valence-corrected chi connectivity index (χ2v) is 5.22. The summed E-state index contributed by atoms with van der Waals surface area (Å²) in [6.45, 7) is 1.81. The van der Waals surface area contributed by atoms with Crippen LogP contribution in [0.15, 0.2) is 42.6 Å². The fourth-order valence-corrected chi connectivity index (χ4v) is 2.37. The van der Waals surface area contributed by atoms with Crippen LogP contribution in [0.5, 0.6) is 11.6 Å². The van der Waals surface area contributed by atoms with Crippen LogP contribution in [-0.2, 0) is 0 Å². The number of carbonyl (C=O) groups excluding carboxylic acids is 1. The van der Waals surface area contributed by atoms with E-state index in [0.29, 0.717) is 22.8 Å². The van der Waals surface area contributed by atoms with Crippen LogP contribution < -0.4 is 14.8 Å². The van der Waals surface area contributed by atoms with Gasteiger partial charge in [-0.05, 0) is 31.2 Å². The smallest absolute Gasteiger partial charge is 0.257 e. The first-order valence-corrected chi connectivity index (χ1v) is 7.37. The van der Waals surface area contributed by atoms with Crippen molar-refractivity contribution in [3.8, 4) is 11.6 Å². The molecule has 0 aliphatic heterocycles. The number of nitrogens with zero attached hydrogens (tertiary/aromatic N) is 2. The third-order valence-electron chi connectivity index (χ3n) is 3.66. The summed E-state index contributed by atoms with van der Waals surface area (Å²) in [5, 5.41) is 3.69. The molecule has 122 valence electrons. The molecule has 0 bridgehead atoms. The second-order valence-electron chi connectivity index (χ2n) is 5.22. The van der Waals surface area contributed by atoms with Gasteiger partial charge in [0, 0.05) is 17.5 Å². The van der Waals surface area contributed by atoms with Crippen LogP contribution in [0.3, 0.4) is 0 Å². The van der Waals surface area contributed by atoms with Crippen molar-refractivity contribution in [1.29, 1.82) is 0 Å². The molecule has 0 radical (unpaired) electrons. The number of rotatable bonds is 4. The van der Waals surface area contributed by atoms with Crippen LogP contribution in [0.4, 0.5) is 5.69 Å². The Hall–Kier alpha value is -3.15. The number of pyridine rings is 2. The van der Waals surface area contributed by atoms with Gasteiger partial charge in [-0.15, -0.1) is 0 Å². The lowest BCUT2D eigenvalue weighted by Crippen LogP contribution is -2.14. The van der Waals surface area contributed by atoms with E-state index < -0.39 is 0 Å². The predicted molar refractivity (Wildman–Crippen MR) is 91.8 cm³/mol. The van der Waals surface area contributed by atoms with Crippen molar-refractivity contribution in [2.24, 2.45) is 0 Å². The first-order valence-electron chi connectivity index (χ1n) is 7.37. The monoisotopic (exact) mass is 323 g/mol. The highest BCUT2D eigenvalue weighted by Gasteiger charge is 2.13. The zero-order valence-corrected chi connectivity index (χ0v) is 13.7. The quantitative estimate of drug-likeness (QED) is 0.798. The number of benzene rings is 1. The third-order valence-corrected chi connectivity index (χ3v) is 3.66. The lowest BCUT2D eigenvalue weighted by atomic mass is 10.1.